The van der Waals surface area contributed by atoms with Crippen molar-refractivity contribution in [2.24, 2.45) is 0 Å². The molecule has 4 aromatic rings. The lowest BCUT2D eigenvalue weighted by Gasteiger charge is -2.27. The fourth-order valence-electron chi connectivity index (χ4n) is 5.43. The number of aryl methyl sites for hydroxylation is 2. The standard InChI is InChI=1S/C34H36N2O4S/c1-3-32(28-18-17-26-13-7-8-14-27(26)23-28)35-34(37)31-15-9-10-16-33(31)36(24-25-11-5-4-6-12-25)41(38,39)30-21-19-29(40-2)20-22-30/h4-6,9-12,15-23,32H,3,7-8,13-14,24H2,1-2H3,(H,35,37). The Kier molecular flexibility index (Phi) is 8.74. The molecule has 0 heterocycles. The molecular weight excluding hydrogens is 532 g/mol. The summed E-state index contributed by atoms with van der Waals surface area (Å²) in [7, 11) is -2.50. The van der Waals surface area contributed by atoms with Crippen LogP contribution < -0.4 is 14.4 Å². The first-order valence-corrected chi connectivity index (χ1v) is 15.6. The number of ether oxygens (including phenoxy) is 1. The summed E-state index contributed by atoms with van der Waals surface area (Å²) < 4.78 is 34.7. The van der Waals surface area contributed by atoms with E-state index in [-0.39, 0.29) is 23.4 Å². The Morgan fingerprint density at radius 1 is 0.878 bits per heavy atom. The van der Waals surface area contributed by atoms with E-state index in [9.17, 15) is 13.2 Å². The molecule has 212 valence electrons. The lowest BCUT2D eigenvalue weighted by molar-refractivity contribution is 0.0936. The quantitative estimate of drug-likeness (QED) is 0.227. The molecule has 0 saturated carbocycles. The minimum absolute atomic E-state index is 0.0710. The van der Waals surface area contributed by atoms with E-state index >= 15 is 0 Å². The minimum atomic E-state index is -4.03. The summed E-state index contributed by atoms with van der Waals surface area (Å²) in [6, 6.07) is 28.9. The van der Waals surface area contributed by atoms with Gasteiger partial charge in [-0.3, -0.25) is 9.10 Å². The first kappa shape index (κ1) is 28.4. The largest absolute Gasteiger partial charge is 0.497 e. The van der Waals surface area contributed by atoms with Crippen molar-refractivity contribution in [2.75, 3.05) is 11.4 Å². The van der Waals surface area contributed by atoms with Crippen LogP contribution in [0.1, 0.15) is 64.8 Å². The van der Waals surface area contributed by atoms with E-state index < -0.39 is 10.0 Å². The number of anilines is 1. The zero-order valence-electron chi connectivity index (χ0n) is 23.5. The predicted molar refractivity (Wildman–Crippen MR) is 163 cm³/mol. The van der Waals surface area contributed by atoms with Gasteiger partial charge in [0.25, 0.3) is 15.9 Å². The van der Waals surface area contributed by atoms with Gasteiger partial charge < -0.3 is 10.1 Å². The average molecular weight is 569 g/mol. The summed E-state index contributed by atoms with van der Waals surface area (Å²) >= 11 is 0. The summed E-state index contributed by atoms with van der Waals surface area (Å²) in [6.45, 7) is 2.12. The zero-order valence-corrected chi connectivity index (χ0v) is 24.4. The number of para-hydroxylation sites is 1. The van der Waals surface area contributed by atoms with Crippen molar-refractivity contribution < 1.29 is 17.9 Å². The molecule has 41 heavy (non-hydrogen) atoms. The fourth-order valence-corrected chi connectivity index (χ4v) is 6.91. The third-order valence-corrected chi connectivity index (χ3v) is 9.50. The molecule has 0 bridgehead atoms. The van der Waals surface area contributed by atoms with Gasteiger partial charge in [0.15, 0.2) is 0 Å². The second-order valence-corrected chi connectivity index (χ2v) is 12.2. The van der Waals surface area contributed by atoms with E-state index in [0.29, 0.717) is 23.4 Å². The van der Waals surface area contributed by atoms with Crippen molar-refractivity contribution >= 4 is 21.6 Å². The molecule has 1 aliphatic carbocycles. The van der Waals surface area contributed by atoms with Gasteiger partial charge in [-0.1, -0.05) is 67.6 Å². The number of sulfonamides is 1. The molecule has 6 nitrogen and oxygen atoms in total. The molecule has 0 fully saturated rings. The van der Waals surface area contributed by atoms with Crippen LogP contribution >= 0.6 is 0 Å². The monoisotopic (exact) mass is 568 g/mol. The van der Waals surface area contributed by atoms with Gasteiger partial charge in [0.2, 0.25) is 0 Å². The number of methoxy groups -OCH3 is 1. The number of carbonyl (C=O) groups is 1. The molecule has 0 spiro atoms. The number of nitrogens with one attached hydrogen (secondary N) is 1. The van der Waals surface area contributed by atoms with Crippen LogP contribution in [0.3, 0.4) is 0 Å². The van der Waals surface area contributed by atoms with Crippen molar-refractivity contribution in [1.29, 1.82) is 0 Å². The summed E-state index contributed by atoms with van der Waals surface area (Å²) in [5, 5.41) is 3.19. The second-order valence-electron chi connectivity index (χ2n) is 10.4. The minimum Gasteiger partial charge on any atom is -0.497 e. The molecule has 4 aromatic carbocycles. The first-order valence-electron chi connectivity index (χ1n) is 14.1. The molecule has 7 heteroatoms. The van der Waals surface area contributed by atoms with Crippen molar-refractivity contribution in [3.05, 3.63) is 125 Å². The van der Waals surface area contributed by atoms with E-state index in [0.717, 1.165) is 24.0 Å². The molecule has 5 rings (SSSR count). The van der Waals surface area contributed by atoms with Crippen molar-refractivity contribution in [2.45, 2.75) is 56.5 Å². The Labute approximate surface area is 243 Å². The maximum absolute atomic E-state index is 14.1. The van der Waals surface area contributed by atoms with Crippen LogP contribution in [0.2, 0.25) is 0 Å². The SMILES string of the molecule is CCC(NC(=O)c1ccccc1N(Cc1ccccc1)S(=O)(=O)c1ccc(OC)cc1)c1ccc2c(c1)CCCC2. The third kappa shape index (κ3) is 6.30. The van der Waals surface area contributed by atoms with Crippen LogP contribution in [0.5, 0.6) is 5.75 Å². The Morgan fingerprint density at radius 2 is 1.56 bits per heavy atom. The highest BCUT2D eigenvalue weighted by atomic mass is 32.2. The van der Waals surface area contributed by atoms with Gasteiger partial charge in [-0.15, -0.1) is 0 Å². The third-order valence-electron chi connectivity index (χ3n) is 7.72. The van der Waals surface area contributed by atoms with E-state index in [1.54, 1.807) is 36.4 Å². The number of hydrogen-bond donors (Lipinski definition) is 1. The van der Waals surface area contributed by atoms with Gasteiger partial charge in [0, 0.05) is 0 Å². The van der Waals surface area contributed by atoms with Crippen LogP contribution in [-0.2, 0) is 29.4 Å². The van der Waals surface area contributed by atoms with Gasteiger partial charge in [-0.05, 0) is 90.8 Å². The maximum atomic E-state index is 14.1. The molecule has 0 aromatic heterocycles. The smallest absolute Gasteiger partial charge is 0.264 e. The molecule has 0 radical (unpaired) electrons. The maximum Gasteiger partial charge on any atom is 0.264 e. The summed E-state index contributed by atoms with van der Waals surface area (Å²) in [5.41, 5.74) is 5.27. The highest BCUT2D eigenvalue weighted by molar-refractivity contribution is 7.92. The second kappa shape index (κ2) is 12.6. The highest BCUT2D eigenvalue weighted by Gasteiger charge is 2.29. The lowest BCUT2D eigenvalue weighted by atomic mass is 9.88. The van der Waals surface area contributed by atoms with E-state index in [1.807, 2.05) is 37.3 Å². The van der Waals surface area contributed by atoms with Gasteiger partial charge >= 0.3 is 0 Å². The van der Waals surface area contributed by atoms with Crippen molar-refractivity contribution in [3.63, 3.8) is 0 Å². The highest BCUT2D eigenvalue weighted by Crippen LogP contribution is 2.31. The average Bonchev–Trinajstić information content (AvgIpc) is 3.02. The van der Waals surface area contributed by atoms with Crippen LogP contribution in [0, 0.1) is 0 Å². The molecule has 1 amide bonds. The molecule has 0 saturated heterocycles. The van der Waals surface area contributed by atoms with Crippen LogP contribution in [0.25, 0.3) is 0 Å². The first-order chi connectivity index (χ1) is 19.9. The molecule has 1 aliphatic rings. The van der Waals surface area contributed by atoms with Crippen LogP contribution in [0.4, 0.5) is 5.69 Å². The number of rotatable bonds is 10. The fraction of sp³-hybridized carbons (Fsp3) is 0.265. The summed E-state index contributed by atoms with van der Waals surface area (Å²) in [5.74, 6) is 0.249. The zero-order chi connectivity index (χ0) is 28.8. The Hall–Kier alpha value is -4.10. The van der Waals surface area contributed by atoms with Crippen molar-refractivity contribution in [1.82, 2.24) is 5.32 Å². The van der Waals surface area contributed by atoms with Gasteiger partial charge in [0.1, 0.15) is 5.75 Å². The number of benzene rings is 4. The van der Waals surface area contributed by atoms with Crippen LogP contribution in [-0.4, -0.2) is 21.4 Å². The Morgan fingerprint density at radius 3 is 2.27 bits per heavy atom. The normalized spacial score (nSPS) is 13.6. The summed E-state index contributed by atoms with van der Waals surface area (Å²) in [4.78, 5) is 14.0. The van der Waals surface area contributed by atoms with E-state index in [1.165, 1.54) is 47.5 Å². The predicted octanol–water partition coefficient (Wildman–Crippen LogP) is 6.85. The topological polar surface area (TPSA) is 75.7 Å². The van der Waals surface area contributed by atoms with Crippen molar-refractivity contribution in [3.8, 4) is 5.75 Å². The van der Waals surface area contributed by atoms with Crippen LogP contribution in [0.15, 0.2) is 102 Å². The van der Waals surface area contributed by atoms with E-state index in [4.69, 9.17) is 4.74 Å². The van der Waals surface area contributed by atoms with E-state index in [2.05, 4.69) is 23.5 Å². The molecule has 1 atom stereocenters. The number of amides is 1. The summed E-state index contributed by atoms with van der Waals surface area (Å²) in [6.07, 6.45) is 5.29. The van der Waals surface area contributed by atoms with Gasteiger partial charge in [-0.25, -0.2) is 8.42 Å². The lowest BCUT2D eigenvalue weighted by Crippen LogP contribution is -2.34. The Balaban J connectivity index is 1.50. The number of nitrogens with zero attached hydrogens (tertiary/aromatic N) is 1. The van der Waals surface area contributed by atoms with Gasteiger partial charge in [-0.2, -0.15) is 0 Å². The molecule has 1 N–H and O–H groups in total. The molecule has 1 unspecified atom stereocenters. The Bertz CT molecular complexity index is 1600. The van der Waals surface area contributed by atoms with Gasteiger partial charge in [0.05, 0.1) is 35.8 Å². The molecule has 0 aliphatic heterocycles. The number of hydrogen-bond acceptors (Lipinski definition) is 4. The number of carbonyl (C=O) groups excluding carboxylic acids is 1. The number of fused-ring (bicyclic) bond motifs is 1. The molecular formula is C34H36N2O4S.